The zero-order valence-electron chi connectivity index (χ0n) is 15.2. The third-order valence-corrected chi connectivity index (χ3v) is 3.80. The van der Waals surface area contributed by atoms with Crippen LogP contribution in [0.5, 0.6) is 11.5 Å². The molecule has 0 saturated heterocycles. The number of nitrogens with two attached hydrogens (primary N) is 2. The molecule has 4 nitrogen and oxygen atoms in total. The number of hydrogen-bond donors (Lipinski definition) is 2. The molecule has 4 heteroatoms. The minimum atomic E-state index is 0.0837. The van der Waals surface area contributed by atoms with Crippen LogP contribution in [0.4, 0.5) is 11.4 Å². The summed E-state index contributed by atoms with van der Waals surface area (Å²) in [6, 6.07) is 11.9. The van der Waals surface area contributed by atoms with E-state index < -0.39 is 0 Å². The number of hydrogen-bond acceptors (Lipinski definition) is 4. The lowest BCUT2D eigenvalue weighted by molar-refractivity contribution is 0.243. The Morgan fingerprint density at radius 1 is 0.667 bits per heavy atom. The van der Waals surface area contributed by atoms with Crippen LogP contribution in [0.15, 0.2) is 36.4 Å². The Morgan fingerprint density at radius 3 is 1.38 bits per heavy atom. The molecule has 0 aliphatic carbocycles. The van der Waals surface area contributed by atoms with Gasteiger partial charge in [-0.1, -0.05) is 19.1 Å². The summed E-state index contributed by atoms with van der Waals surface area (Å²) in [5.41, 5.74) is 15.6. The molecule has 2 aromatic rings. The Kier molecular flexibility index (Phi) is 5.60. The van der Waals surface area contributed by atoms with Gasteiger partial charge < -0.3 is 20.9 Å². The van der Waals surface area contributed by atoms with Crippen molar-refractivity contribution in [2.24, 2.45) is 0 Å². The zero-order valence-corrected chi connectivity index (χ0v) is 15.2. The number of ether oxygens (including phenoxy) is 2. The van der Waals surface area contributed by atoms with Crippen molar-refractivity contribution in [2.45, 2.75) is 52.7 Å². The van der Waals surface area contributed by atoms with Crippen LogP contribution in [0.25, 0.3) is 0 Å². The van der Waals surface area contributed by atoms with Gasteiger partial charge in [-0.15, -0.1) is 0 Å². The largest absolute Gasteiger partial charge is 0.489 e. The summed E-state index contributed by atoms with van der Waals surface area (Å²) in [4.78, 5) is 0. The van der Waals surface area contributed by atoms with E-state index in [2.05, 4.69) is 6.92 Å². The molecule has 24 heavy (non-hydrogen) atoms. The molecule has 0 radical (unpaired) electrons. The molecular weight excluding hydrogens is 300 g/mol. The van der Waals surface area contributed by atoms with Crippen LogP contribution in [0.3, 0.4) is 0 Å². The minimum absolute atomic E-state index is 0.0837. The van der Waals surface area contributed by atoms with Crippen LogP contribution in [-0.4, -0.2) is 12.2 Å². The van der Waals surface area contributed by atoms with Gasteiger partial charge in [0.1, 0.15) is 11.5 Å². The van der Waals surface area contributed by atoms with Crippen molar-refractivity contribution in [2.75, 3.05) is 11.5 Å². The van der Waals surface area contributed by atoms with Crippen molar-refractivity contribution in [3.63, 3.8) is 0 Å². The molecule has 0 amide bonds. The maximum Gasteiger partial charge on any atom is 0.142 e. The fraction of sp³-hybridized carbons (Fsp3) is 0.400. The van der Waals surface area contributed by atoms with Gasteiger partial charge in [-0.25, -0.2) is 0 Å². The Hall–Kier alpha value is -2.36. The van der Waals surface area contributed by atoms with Gasteiger partial charge in [-0.05, 0) is 63.1 Å². The molecule has 0 heterocycles. The normalized spacial score (nSPS) is 11.3. The number of anilines is 2. The van der Waals surface area contributed by atoms with Crippen LogP contribution >= 0.6 is 0 Å². The first kappa shape index (κ1) is 18.0. The Balaban J connectivity index is 2.33. The maximum absolute atomic E-state index is 6.01. The topological polar surface area (TPSA) is 70.5 Å². The fourth-order valence-corrected chi connectivity index (χ4v) is 2.55. The first-order valence-corrected chi connectivity index (χ1v) is 8.40. The third kappa shape index (κ3) is 4.34. The van der Waals surface area contributed by atoms with Crippen LogP contribution in [0.1, 0.15) is 51.7 Å². The zero-order chi connectivity index (χ0) is 17.9. The quantitative estimate of drug-likeness (QED) is 0.762. The molecule has 2 rings (SSSR count). The molecular formula is C20H28N2O2. The van der Waals surface area contributed by atoms with E-state index in [1.807, 2.05) is 64.1 Å². The van der Waals surface area contributed by atoms with Crippen molar-refractivity contribution in [1.29, 1.82) is 0 Å². The predicted octanol–water partition coefficient (Wildman–Crippen LogP) is 4.58. The molecule has 130 valence electrons. The van der Waals surface area contributed by atoms with E-state index in [9.17, 15) is 0 Å². The molecule has 0 aromatic heterocycles. The van der Waals surface area contributed by atoms with Gasteiger partial charge >= 0.3 is 0 Å². The Labute approximate surface area is 144 Å². The van der Waals surface area contributed by atoms with Crippen molar-refractivity contribution in [3.8, 4) is 11.5 Å². The first-order chi connectivity index (χ1) is 11.3. The number of benzene rings is 2. The van der Waals surface area contributed by atoms with Crippen LogP contribution in [0.2, 0.25) is 0 Å². The van der Waals surface area contributed by atoms with E-state index in [-0.39, 0.29) is 18.1 Å². The van der Waals surface area contributed by atoms with Crippen LogP contribution in [-0.2, 0) is 0 Å². The monoisotopic (exact) mass is 328 g/mol. The van der Waals surface area contributed by atoms with E-state index >= 15 is 0 Å². The van der Waals surface area contributed by atoms with Gasteiger partial charge in [-0.2, -0.15) is 0 Å². The van der Waals surface area contributed by atoms with E-state index in [0.717, 1.165) is 22.6 Å². The Bertz CT molecular complexity index is 637. The summed E-state index contributed by atoms with van der Waals surface area (Å²) in [6.07, 6.45) is 0.167. The second-order valence-corrected chi connectivity index (χ2v) is 6.65. The van der Waals surface area contributed by atoms with Gasteiger partial charge in [0, 0.05) is 5.92 Å². The average Bonchev–Trinajstić information content (AvgIpc) is 2.50. The number of nitrogen functional groups attached to an aromatic ring is 2. The molecule has 0 aliphatic rings. The van der Waals surface area contributed by atoms with Crippen molar-refractivity contribution < 1.29 is 9.47 Å². The molecule has 0 spiro atoms. The van der Waals surface area contributed by atoms with E-state index in [0.29, 0.717) is 11.4 Å². The summed E-state index contributed by atoms with van der Waals surface area (Å²) in [5.74, 6) is 1.63. The minimum Gasteiger partial charge on any atom is -0.489 e. The van der Waals surface area contributed by atoms with E-state index in [1.54, 1.807) is 0 Å². The molecule has 2 aromatic carbocycles. The summed E-state index contributed by atoms with van der Waals surface area (Å²) in [6.45, 7) is 10.1. The highest BCUT2D eigenvalue weighted by molar-refractivity contribution is 5.58. The summed E-state index contributed by atoms with van der Waals surface area (Å²) < 4.78 is 11.6. The smallest absolute Gasteiger partial charge is 0.142 e. The lowest BCUT2D eigenvalue weighted by Crippen LogP contribution is -2.09. The lowest BCUT2D eigenvalue weighted by Gasteiger charge is -2.19. The van der Waals surface area contributed by atoms with Gasteiger partial charge in [0.2, 0.25) is 0 Å². The first-order valence-electron chi connectivity index (χ1n) is 8.40. The van der Waals surface area contributed by atoms with Gasteiger partial charge in [-0.3, -0.25) is 0 Å². The second-order valence-electron chi connectivity index (χ2n) is 6.65. The molecule has 0 aliphatic heterocycles. The fourth-order valence-electron chi connectivity index (χ4n) is 2.55. The van der Waals surface area contributed by atoms with E-state index in [4.69, 9.17) is 20.9 Å². The maximum atomic E-state index is 6.01. The highest BCUT2D eigenvalue weighted by Gasteiger charge is 2.14. The van der Waals surface area contributed by atoms with Crippen molar-refractivity contribution in [1.82, 2.24) is 0 Å². The number of rotatable bonds is 6. The SMILES string of the molecule is CC(C)Oc1cc(C(C)c2ccc(N)c(OC(C)C)c2)ccc1N. The molecule has 0 saturated carbocycles. The average molecular weight is 328 g/mol. The standard InChI is InChI=1S/C20H28N2O2/c1-12(2)23-19-10-15(6-8-17(19)21)14(5)16-7-9-18(22)20(11-16)24-13(3)4/h6-14H,21-22H2,1-5H3. The van der Waals surface area contributed by atoms with Gasteiger partial charge in [0.25, 0.3) is 0 Å². The summed E-state index contributed by atoms with van der Waals surface area (Å²) in [5, 5.41) is 0. The molecule has 0 bridgehead atoms. The Morgan fingerprint density at radius 2 is 1.04 bits per heavy atom. The van der Waals surface area contributed by atoms with Gasteiger partial charge in [0.05, 0.1) is 23.6 Å². The van der Waals surface area contributed by atoms with Crippen molar-refractivity contribution in [3.05, 3.63) is 47.5 Å². The molecule has 0 atom stereocenters. The predicted molar refractivity (Wildman–Crippen MR) is 101 cm³/mol. The van der Waals surface area contributed by atoms with Crippen molar-refractivity contribution >= 4 is 11.4 Å². The molecule has 0 unspecified atom stereocenters. The van der Waals surface area contributed by atoms with Crippen LogP contribution in [0, 0.1) is 0 Å². The van der Waals surface area contributed by atoms with Crippen LogP contribution < -0.4 is 20.9 Å². The summed E-state index contributed by atoms with van der Waals surface area (Å²) >= 11 is 0. The third-order valence-electron chi connectivity index (χ3n) is 3.80. The molecule has 0 fully saturated rings. The van der Waals surface area contributed by atoms with Gasteiger partial charge in [0.15, 0.2) is 0 Å². The second kappa shape index (κ2) is 7.47. The summed E-state index contributed by atoms with van der Waals surface area (Å²) in [7, 11) is 0. The highest BCUT2D eigenvalue weighted by atomic mass is 16.5. The lowest BCUT2D eigenvalue weighted by atomic mass is 9.92. The molecule has 4 N–H and O–H groups in total. The highest BCUT2D eigenvalue weighted by Crippen LogP contribution is 2.34. The van der Waals surface area contributed by atoms with E-state index in [1.165, 1.54) is 0 Å².